The molecular weight excluding hydrogens is 376 g/mol. The molecule has 2 saturated carbocycles. The van der Waals surface area contributed by atoms with Crippen LogP contribution in [0, 0.1) is 31.6 Å². The molecule has 3 fully saturated rings. The molecule has 1 saturated heterocycles. The van der Waals surface area contributed by atoms with Crippen molar-refractivity contribution in [2.45, 2.75) is 50.0 Å². The fourth-order valence-electron chi connectivity index (χ4n) is 5.26. The first-order chi connectivity index (χ1) is 13.0. The van der Waals surface area contributed by atoms with Crippen molar-refractivity contribution < 1.29 is 14.3 Å². The summed E-state index contributed by atoms with van der Waals surface area (Å²) >= 11 is 4.29. The van der Waals surface area contributed by atoms with Crippen molar-refractivity contribution in [2.24, 2.45) is 17.8 Å². The first-order valence-electron chi connectivity index (χ1n) is 10.0. The predicted molar refractivity (Wildman–Crippen MR) is 112 cm³/mol. The average Bonchev–Trinajstić information content (AvgIpc) is 3.08. The number of aryl methyl sites for hydroxylation is 2. The molecule has 1 aromatic rings. The quantitative estimate of drug-likeness (QED) is 0.520. The molecule has 1 spiro atoms. The number of benzene rings is 1. The molecule has 146 valence electrons. The molecule has 2 bridgehead atoms. The lowest BCUT2D eigenvalue weighted by molar-refractivity contribution is -0.150. The first-order valence-corrected chi connectivity index (χ1v) is 12.0. The Labute approximate surface area is 170 Å². The number of hydrogen-bond acceptors (Lipinski definition) is 5. The summed E-state index contributed by atoms with van der Waals surface area (Å²) in [4.78, 5) is 25.2. The van der Waals surface area contributed by atoms with E-state index in [1.54, 1.807) is 0 Å². The van der Waals surface area contributed by atoms with Gasteiger partial charge in [0.1, 0.15) is 0 Å². The minimum atomic E-state index is -0.159. The number of esters is 1. The van der Waals surface area contributed by atoms with Crippen LogP contribution in [0.5, 0.6) is 0 Å². The monoisotopic (exact) mass is 404 g/mol. The predicted octanol–water partition coefficient (Wildman–Crippen LogP) is 5.03. The van der Waals surface area contributed by atoms with Crippen LogP contribution >= 0.6 is 23.5 Å². The van der Waals surface area contributed by atoms with Crippen LogP contribution in [-0.2, 0) is 9.53 Å². The van der Waals surface area contributed by atoms with E-state index in [9.17, 15) is 9.59 Å². The van der Waals surface area contributed by atoms with Gasteiger partial charge in [-0.05, 0) is 56.9 Å². The average molecular weight is 405 g/mol. The van der Waals surface area contributed by atoms with Gasteiger partial charge in [-0.3, -0.25) is 9.59 Å². The third kappa shape index (κ3) is 3.69. The summed E-state index contributed by atoms with van der Waals surface area (Å²) in [6.45, 7) is 3.80. The molecule has 1 aromatic carbocycles. The molecule has 4 rings (SSSR count). The van der Waals surface area contributed by atoms with Gasteiger partial charge in [0, 0.05) is 17.1 Å². The molecule has 3 nitrogen and oxygen atoms in total. The second-order valence-corrected chi connectivity index (χ2v) is 11.3. The Balaban J connectivity index is 1.37. The third-order valence-electron chi connectivity index (χ3n) is 6.48. The van der Waals surface area contributed by atoms with Crippen LogP contribution in [0.1, 0.15) is 53.6 Å². The van der Waals surface area contributed by atoms with Crippen molar-refractivity contribution in [3.63, 3.8) is 0 Å². The van der Waals surface area contributed by atoms with Gasteiger partial charge in [0.25, 0.3) is 0 Å². The second-order valence-electron chi connectivity index (χ2n) is 8.26. The maximum atomic E-state index is 12.7. The van der Waals surface area contributed by atoms with Gasteiger partial charge in [0.15, 0.2) is 6.61 Å². The number of hydrogen-bond donors (Lipinski definition) is 0. The number of ether oxygens (including phenoxy) is 1. The van der Waals surface area contributed by atoms with Gasteiger partial charge in [-0.2, -0.15) is 0 Å². The van der Waals surface area contributed by atoms with E-state index in [2.05, 4.69) is 23.5 Å². The summed E-state index contributed by atoms with van der Waals surface area (Å²) in [5.74, 6) is 3.45. The van der Waals surface area contributed by atoms with Crippen molar-refractivity contribution in [1.82, 2.24) is 0 Å². The van der Waals surface area contributed by atoms with Gasteiger partial charge in [-0.15, -0.1) is 23.5 Å². The fraction of sp³-hybridized carbons (Fsp3) is 0.636. The van der Waals surface area contributed by atoms with E-state index in [4.69, 9.17) is 4.74 Å². The highest BCUT2D eigenvalue weighted by Crippen LogP contribution is 2.64. The highest BCUT2D eigenvalue weighted by Gasteiger charge is 2.55. The van der Waals surface area contributed by atoms with Crippen molar-refractivity contribution in [1.29, 1.82) is 0 Å². The Morgan fingerprint density at radius 3 is 2.41 bits per heavy atom. The van der Waals surface area contributed by atoms with Crippen LogP contribution in [0.15, 0.2) is 18.2 Å². The lowest BCUT2D eigenvalue weighted by Crippen LogP contribution is -2.48. The van der Waals surface area contributed by atoms with E-state index in [1.165, 1.54) is 30.8 Å². The lowest BCUT2D eigenvalue weighted by atomic mass is 9.67. The number of ketones is 1. The van der Waals surface area contributed by atoms with E-state index < -0.39 is 0 Å². The minimum Gasteiger partial charge on any atom is -0.457 e. The Hall–Kier alpha value is -0.940. The minimum absolute atomic E-state index is 0.0281. The molecule has 0 N–H and O–H groups in total. The van der Waals surface area contributed by atoms with Gasteiger partial charge < -0.3 is 4.74 Å². The van der Waals surface area contributed by atoms with E-state index >= 15 is 0 Å². The molecule has 1 heterocycles. The largest absolute Gasteiger partial charge is 0.457 e. The Bertz CT molecular complexity index is 723. The number of thioether (sulfide) groups is 2. The van der Waals surface area contributed by atoms with E-state index in [1.807, 2.05) is 32.0 Å². The standard InChI is InChI=1S/C22H28O3S2/c1-14-6-7-19(15(2)10-14)20(23)13-25-21(24)16-11-17-4-3-5-18(12-16)22(17)26-8-9-27-22/h6-7,10,16-18H,3-5,8-9,11-13H2,1-2H3/t17-,18-/m1/s1. The number of carbonyl (C=O) groups excluding carboxylic acids is 2. The van der Waals surface area contributed by atoms with Crippen LogP contribution in [0.3, 0.4) is 0 Å². The molecule has 0 aromatic heterocycles. The smallest absolute Gasteiger partial charge is 0.309 e. The highest BCUT2D eigenvalue weighted by molar-refractivity contribution is 8.21. The first kappa shape index (κ1) is 19.4. The Morgan fingerprint density at radius 1 is 1.11 bits per heavy atom. The molecule has 0 radical (unpaired) electrons. The summed E-state index contributed by atoms with van der Waals surface area (Å²) in [6.07, 6.45) is 5.65. The number of Topliss-reactive ketones (excluding diaryl/α,β-unsaturated/α-hetero) is 1. The van der Waals surface area contributed by atoms with Gasteiger partial charge in [0.05, 0.1) is 10.00 Å². The van der Waals surface area contributed by atoms with E-state index in [0.717, 1.165) is 24.0 Å². The number of carbonyl (C=O) groups is 2. The van der Waals surface area contributed by atoms with Crippen molar-refractivity contribution in [3.05, 3.63) is 34.9 Å². The fourth-order valence-corrected chi connectivity index (χ4v) is 9.20. The van der Waals surface area contributed by atoms with Gasteiger partial charge in [-0.25, -0.2) is 0 Å². The molecule has 3 aliphatic rings. The molecule has 2 atom stereocenters. The Morgan fingerprint density at radius 2 is 1.78 bits per heavy atom. The third-order valence-corrected chi connectivity index (χ3v) is 10.5. The summed E-state index contributed by atoms with van der Waals surface area (Å²) in [5.41, 5.74) is 2.73. The van der Waals surface area contributed by atoms with E-state index in [0.29, 0.717) is 21.5 Å². The summed E-state index contributed by atoms with van der Waals surface area (Å²) in [5, 5.41) is 0. The van der Waals surface area contributed by atoms with Gasteiger partial charge in [0.2, 0.25) is 5.78 Å². The normalized spacial score (nSPS) is 28.9. The zero-order chi connectivity index (χ0) is 19.0. The zero-order valence-electron chi connectivity index (χ0n) is 16.2. The molecular formula is C22H28O3S2. The van der Waals surface area contributed by atoms with Crippen LogP contribution in [0.25, 0.3) is 0 Å². The zero-order valence-corrected chi connectivity index (χ0v) is 17.8. The molecule has 0 unspecified atom stereocenters. The summed E-state index contributed by atoms with van der Waals surface area (Å²) in [7, 11) is 0. The maximum absolute atomic E-state index is 12.7. The van der Waals surface area contributed by atoms with Crippen LogP contribution < -0.4 is 0 Å². The van der Waals surface area contributed by atoms with Crippen molar-refractivity contribution in [2.75, 3.05) is 18.1 Å². The molecule has 2 aliphatic carbocycles. The molecule has 1 aliphatic heterocycles. The van der Waals surface area contributed by atoms with Crippen molar-refractivity contribution in [3.8, 4) is 0 Å². The van der Waals surface area contributed by atoms with Crippen LogP contribution in [0.4, 0.5) is 0 Å². The second kappa shape index (κ2) is 7.82. The van der Waals surface area contributed by atoms with Crippen molar-refractivity contribution >= 4 is 35.3 Å². The maximum Gasteiger partial charge on any atom is 0.309 e. The molecule has 5 heteroatoms. The molecule has 0 amide bonds. The van der Waals surface area contributed by atoms with Crippen LogP contribution in [0.2, 0.25) is 0 Å². The SMILES string of the molecule is Cc1ccc(C(=O)COC(=O)C2C[C@H]3CCC[C@H](C2)C32SCCS2)c(C)c1. The lowest BCUT2D eigenvalue weighted by Gasteiger charge is -2.51. The Kier molecular flexibility index (Phi) is 5.62. The topological polar surface area (TPSA) is 43.4 Å². The van der Waals surface area contributed by atoms with Crippen LogP contribution in [-0.4, -0.2) is 33.9 Å². The van der Waals surface area contributed by atoms with Gasteiger partial charge >= 0.3 is 5.97 Å². The molecule has 27 heavy (non-hydrogen) atoms. The highest BCUT2D eigenvalue weighted by atomic mass is 32.2. The number of rotatable bonds is 4. The van der Waals surface area contributed by atoms with E-state index in [-0.39, 0.29) is 24.3 Å². The summed E-state index contributed by atoms with van der Waals surface area (Å²) in [6, 6.07) is 5.76. The van der Waals surface area contributed by atoms with Gasteiger partial charge in [-0.1, -0.05) is 30.2 Å². The summed E-state index contributed by atoms with van der Waals surface area (Å²) < 4.78 is 5.86.